The highest BCUT2D eigenvalue weighted by molar-refractivity contribution is 5.83. The highest BCUT2D eigenvalue weighted by Crippen LogP contribution is 2.22. The molecule has 0 unspecified atom stereocenters. The van der Waals surface area contributed by atoms with Gasteiger partial charge in [-0.1, -0.05) is 13.8 Å². The molecule has 0 saturated carbocycles. The number of carbonyl (C=O) groups is 3. The molecule has 0 aliphatic carbocycles. The van der Waals surface area contributed by atoms with E-state index in [0.29, 0.717) is 39.0 Å². The van der Waals surface area contributed by atoms with Crippen molar-refractivity contribution in [3.05, 3.63) is 0 Å². The first-order valence-electron chi connectivity index (χ1n) is 7.86. The molecule has 2 aliphatic rings. The van der Waals surface area contributed by atoms with Crippen LogP contribution in [0.4, 0.5) is 0 Å². The van der Waals surface area contributed by atoms with E-state index in [2.05, 4.69) is 0 Å². The fourth-order valence-electron chi connectivity index (χ4n) is 2.93. The van der Waals surface area contributed by atoms with Crippen LogP contribution in [0.15, 0.2) is 0 Å². The van der Waals surface area contributed by atoms with Gasteiger partial charge in [-0.15, -0.1) is 0 Å². The fraction of sp³-hybridized carbons (Fsp3) is 0.800. The Balaban J connectivity index is 1.90. The van der Waals surface area contributed by atoms with Crippen LogP contribution in [-0.4, -0.2) is 71.1 Å². The van der Waals surface area contributed by atoms with Crippen LogP contribution in [0.5, 0.6) is 0 Å². The van der Waals surface area contributed by atoms with E-state index in [-0.39, 0.29) is 17.7 Å². The number of aliphatic carboxylic acids is 1. The predicted molar refractivity (Wildman–Crippen MR) is 78.1 cm³/mol. The van der Waals surface area contributed by atoms with Gasteiger partial charge in [0.1, 0.15) is 6.10 Å². The lowest BCUT2D eigenvalue weighted by Gasteiger charge is -2.25. The summed E-state index contributed by atoms with van der Waals surface area (Å²) in [6.07, 6.45) is 0.0194. The minimum Gasteiger partial charge on any atom is -0.479 e. The number of hydrogen-bond donors (Lipinski definition) is 1. The standard InChI is InChI=1S/C15H24N2O5/c1-10(2)13(18)16-6-3-7-17(9-8-16)14(19)11-4-5-12(22-11)15(20)21/h10-12H,3-9H2,1-2H3,(H,20,21)/t11-,12+/m0/s1. The Morgan fingerprint density at radius 2 is 1.59 bits per heavy atom. The summed E-state index contributed by atoms with van der Waals surface area (Å²) >= 11 is 0. The molecule has 0 aromatic heterocycles. The van der Waals surface area contributed by atoms with Crippen LogP contribution in [0.25, 0.3) is 0 Å². The van der Waals surface area contributed by atoms with Crippen LogP contribution in [0.2, 0.25) is 0 Å². The third-order valence-electron chi connectivity index (χ3n) is 4.18. The topological polar surface area (TPSA) is 87.2 Å². The molecule has 2 atom stereocenters. The Morgan fingerprint density at radius 1 is 1.00 bits per heavy atom. The van der Waals surface area contributed by atoms with Gasteiger partial charge in [0.2, 0.25) is 5.91 Å². The van der Waals surface area contributed by atoms with Crippen LogP contribution >= 0.6 is 0 Å². The lowest BCUT2D eigenvalue weighted by atomic mass is 10.2. The van der Waals surface area contributed by atoms with Crippen molar-refractivity contribution in [1.82, 2.24) is 9.80 Å². The van der Waals surface area contributed by atoms with E-state index in [4.69, 9.17) is 9.84 Å². The quantitative estimate of drug-likeness (QED) is 0.812. The minimum atomic E-state index is -1.01. The maximum Gasteiger partial charge on any atom is 0.332 e. The van der Waals surface area contributed by atoms with E-state index >= 15 is 0 Å². The molecule has 22 heavy (non-hydrogen) atoms. The molecule has 0 radical (unpaired) electrons. The zero-order valence-electron chi connectivity index (χ0n) is 13.2. The molecule has 2 heterocycles. The highest BCUT2D eigenvalue weighted by Gasteiger charge is 2.37. The van der Waals surface area contributed by atoms with Crippen LogP contribution in [-0.2, 0) is 19.1 Å². The summed E-state index contributed by atoms with van der Waals surface area (Å²) in [5.74, 6) is -1.10. The van der Waals surface area contributed by atoms with Crippen LogP contribution in [0.3, 0.4) is 0 Å². The summed E-state index contributed by atoms with van der Waals surface area (Å²) in [4.78, 5) is 38.9. The SMILES string of the molecule is CC(C)C(=O)N1CCCN(C(=O)[C@@H]2CC[C@H](C(=O)O)O2)CC1. The number of rotatable bonds is 3. The summed E-state index contributed by atoms with van der Waals surface area (Å²) < 4.78 is 5.32. The van der Waals surface area contributed by atoms with Crippen molar-refractivity contribution in [2.45, 2.75) is 45.3 Å². The second-order valence-electron chi connectivity index (χ2n) is 6.19. The second kappa shape index (κ2) is 7.09. The Hall–Kier alpha value is -1.63. The molecule has 1 N–H and O–H groups in total. The molecular formula is C15H24N2O5. The smallest absolute Gasteiger partial charge is 0.332 e. The van der Waals surface area contributed by atoms with Crippen molar-refractivity contribution in [3.8, 4) is 0 Å². The number of ether oxygens (including phenoxy) is 1. The van der Waals surface area contributed by atoms with Crippen molar-refractivity contribution < 1.29 is 24.2 Å². The minimum absolute atomic E-state index is 0.0447. The molecule has 0 bridgehead atoms. The van der Waals surface area contributed by atoms with Gasteiger partial charge in [-0.25, -0.2) is 4.79 Å². The summed E-state index contributed by atoms with van der Waals surface area (Å²) in [5, 5.41) is 8.92. The average molecular weight is 312 g/mol. The van der Waals surface area contributed by atoms with Gasteiger partial charge in [0.15, 0.2) is 6.10 Å². The number of carboxylic acid groups (broad SMARTS) is 1. The van der Waals surface area contributed by atoms with Gasteiger partial charge >= 0.3 is 5.97 Å². The van der Waals surface area contributed by atoms with Gasteiger partial charge in [-0.2, -0.15) is 0 Å². The molecule has 7 nitrogen and oxygen atoms in total. The molecule has 2 aliphatic heterocycles. The van der Waals surface area contributed by atoms with E-state index in [1.807, 2.05) is 13.8 Å². The van der Waals surface area contributed by atoms with E-state index in [1.165, 1.54) is 0 Å². The van der Waals surface area contributed by atoms with Gasteiger partial charge in [0.05, 0.1) is 0 Å². The Bertz CT molecular complexity index is 451. The third kappa shape index (κ3) is 3.76. The molecule has 2 amide bonds. The van der Waals surface area contributed by atoms with E-state index in [1.54, 1.807) is 9.80 Å². The van der Waals surface area contributed by atoms with Gasteiger partial charge in [-0.05, 0) is 19.3 Å². The van der Waals surface area contributed by atoms with Crippen LogP contribution in [0.1, 0.15) is 33.1 Å². The molecule has 124 valence electrons. The number of carboxylic acids is 1. The summed E-state index contributed by atoms with van der Waals surface area (Å²) in [5.41, 5.74) is 0. The van der Waals surface area contributed by atoms with Gasteiger partial charge in [0, 0.05) is 32.1 Å². The molecular weight excluding hydrogens is 288 g/mol. The summed E-state index contributed by atoms with van der Waals surface area (Å²) in [6, 6.07) is 0. The zero-order valence-corrected chi connectivity index (χ0v) is 13.2. The third-order valence-corrected chi connectivity index (χ3v) is 4.18. The first-order valence-corrected chi connectivity index (χ1v) is 7.86. The Labute approximate surface area is 130 Å². The first kappa shape index (κ1) is 16.7. The van der Waals surface area contributed by atoms with Crippen molar-refractivity contribution >= 4 is 17.8 Å². The summed E-state index contributed by atoms with van der Waals surface area (Å²) in [6.45, 7) is 5.98. The average Bonchev–Trinajstić information content (AvgIpc) is 2.84. The molecule has 2 rings (SSSR count). The van der Waals surface area contributed by atoms with Crippen LogP contribution < -0.4 is 0 Å². The van der Waals surface area contributed by atoms with E-state index in [0.717, 1.165) is 6.42 Å². The lowest BCUT2D eigenvalue weighted by molar-refractivity contribution is -0.154. The number of hydrogen-bond acceptors (Lipinski definition) is 4. The number of carbonyl (C=O) groups excluding carboxylic acids is 2. The molecule has 2 fully saturated rings. The van der Waals surface area contributed by atoms with Crippen LogP contribution in [0, 0.1) is 5.92 Å². The zero-order chi connectivity index (χ0) is 16.3. The highest BCUT2D eigenvalue weighted by atomic mass is 16.5. The molecule has 7 heteroatoms. The van der Waals surface area contributed by atoms with E-state index < -0.39 is 18.2 Å². The Kier molecular flexibility index (Phi) is 5.39. The molecule has 0 spiro atoms. The van der Waals surface area contributed by atoms with Crippen molar-refractivity contribution in [2.75, 3.05) is 26.2 Å². The maximum atomic E-state index is 12.4. The summed E-state index contributed by atoms with van der Waals surface area (Å²) in [7, 11) is 0. The van der Waals surface area contributed by atoms with Crippen molar-refractivity contribution in [1.29, 1.82) is 0 Å². The number of nitrogens with zero attached hydrogens (tertiary/aromatic N) is 2. The normalized spacial score (nSPS) is 26.1. The van der Waals surface area contributed by atoms with Crippen molar-refractivity contribution in [2.24, 2.45) is 5.92 Å². The Morgan fingerprint density at radius 3 is 2.18 bits per heavy atom. The molecule has 0 aromatic carbocycles. The van der Waals surface area contributed by atoms with Gasteiger partial charge in [0.25, 0.3) is 5.91 Å². The number of amides is 2. The largest absolute Gasteiger partial charge is 0.479 e. The van der Waals surface area contributed by atoms with E-state index in [9.17, 15) is 14.4 Å². The second-order valence-corrected chi connectivity index (χ2v) is 6.19. The van der Waals surface area contributed by atoms with Gasteiger partial charge in [-0.3, -0.25) is 9.59 Å². The van der Waals surface area contributed by atoms with Gasteiger partial charge < -0.3 is 19.6 Å². The molecule has 0 aromatic rings. The fourth-order valence-corrected chi connectivity index (χ4v) is 2.93. The monoisotopic (exact) mass is 312 g/mol. The predicted octanol–water partition coefficient (Wildman–Crippen LogP) is 0.336. The molecule has 2 saturated heterocycles. The first-order chi connectivity index (χ1) is 10.4. The van der Waals surface area contributed by atoms with Crippen molar-refractivity contribution in [3.63, 3.8) is 0 Å². The maximum absolute atomic E-state index is 12.4. The lowest BCUT2D eigenvalue weighted by Crippen LogP contribution is -2.42.